The number of fused-ring (bicyclic) bond motifs is 1. The van der Waals surface area contributed by atoms with E-state index >= 15 is 0 Å². The molecule has 1 spiro atoms. The van der Waals surface area contributed by atoms with Crippen LogP contribution in [0, 0.1) is 5.41 Å². The fourth-order valence-electron chi connectivity index (χ4n) is 3.20. The van der Waals surface area contributed by atoms with Crippen molar-refractivity contribution in [1.82, 2.24) is 4.98 Å². The van der Waals surface area contributed by atoms with Crippen LogP contribution in [0.25, 0.3) is 22.2 Å². The minimum absolute atomic E-state index is 0.0172. The Morgan fingerprint density at radius 2 is 2.04 bits per heavy atom. The second kappa shape index (κ2) is 4.86. The van der Waals surface area contributed by atoms with Crippen LogP contribution >= 0.6 is 11.3 Å². The molecule has 124 valence electrons. The number of benzene rings is 1. The number of aromatic nitrogens is 1. The number of thiazole rings is 1. The molecule has 0 radical (unpaired) electrons. The van der Waals surface area contributed by atoms with Crippen molar-refractivity contribution in [3.8, 4) is 11.3 Å². The van der Waals surface area contributed by atoms with Crippen molar-refractivity contribution in [3.63, 3.8) is 0 Å². The van der Waals surface area contributed by atoms with Gasteiger partial charge < -0.3 is 4.42 Å². The smallest absolute Gasteiger partial charge is 0.345 e. The molecule has 1 amide bonds. The highest BCUT2D eigenvalue weighted by Gasteiger charge is 2.59. The lowest BCUT2D eigenvalue weighted by atomic mass is 10.0. The van der Waals surface area contributed by atoms with Crippen molar-refractivity contribution in [2.75, 3.05) is 5.01 Å². The molecule has 5 rings (SSSR count). The predicted octanol–water partition coefficient (Wildman–Crippen LogP) is 3.42. The van der Waals surface area contributed by atoms with Crippen molar-refractivity contribution >= 4 is 39.1 Å². The summed E-state index contributed by atoms with van der Waals surface area (Å²) in [5.74, 6) is -0.0172. The van der Waals surface area contributed by atoms with Crippen LogP contribution in [-0.2, 0) is 4.79 Å². The average Bonchev–Trinajstić information content (AvgIpc) is 3.23. The maximum Gasteiger partial charge on any atom is 0.345 e. The Hall–Kier alpha value is -2.80. The highest BCUT2D eigenvalue weighted by atomic mass is 32.1. The summed E-state index contributed by atoms with van der Waals surface area (Å²) in [4.78, 5) is 29.3. The van der Waals surface area contributed by atoms with E-state index in [4.69, 9.17) is 4.42 Å². The molecular formula is C18H13N3O3S. The lowest BCUT2D eigenvalue weighted by Crippen LogP contribution is -2.28. The maximum absolute atomic E-state index is 12.6. The first-order valence-corrected chi connectivity index (χ1v) is 8.85. The van der Waals surface area contributed by atoms with Crippen LogP contribution in [0.15, 0.2) is 50.0 Å². The number of carbonyl (C=O) groups is 1. The summed E-state index contributed by atoms with van der Waals surface area (Å²) in [5.41, 5.74) is 1.43. The zero-order valence-electron chi connectivity index (χ0n) is 13.4. The fraction of sp³-hybridized carbons (Fsp3) is 0.222. The van der Waals surface area contributed by atoms with Crippen molar-refractivity contribution < 1.29 is 9.21 Å². The summed E-state index contributed by atoms with van der Waals surface area (Å²) >= 11 is 1.30. The summed E-state index contributed by atoms with van der Waals surface area (Å²) in [7, 11) is 0. The number of anilines is 1. The van der Waals surface area contributed by atoms with Crippen molar-refractivity contribution in [1.29, 1.82) is 0 Å². The van der Waals surface area contributed by atoms with Gasteiger partial charge in [-0.3, -0.25) is 4.79 Å². The van der Waals surface area contributed by atoms with E-state index in [1.165, 1.54) is 16.3 Å². The minimum Gasteiger partial charge on any atom is -0.422 e. The Bertz CT molecular complexity index is 1120. The Kier molecular flexibility index (Phi) is 2.82. The van der Waals surface area contributed by atoms with Gasteiger partial charge >= 0.3 is 5.63 Å². The largest absolute Gasteiger partial charge is 0.422 e. The molecule has 0 atom stereocenters. The van der Waals surface area contributed by atoms with Gasteiger partial charge in [-0.1, -0.05) is 18.2 Å². The van der Waals surface area contributed by atoms with Crippen molar-refractivity contribution in [3.05, 3.63) is 46.1 Å². The van der Waals surface area contributed by atoms with Crippen LogP contribution in [0.3, 0.4) is 0 Å². The number of para-hydroxylation sites is 1. The number of carbonyl (C=O) groups excluding carboxylic acids is 1. The third-order valence-electron chi connectivity index (χ3n) is 4.88. The van der Waals surface area contributed by atoms with Gasteiger partial charge in [-0.05, 0) is 31.9 Å². The molecule has 1 saturated carbocycles. The third kappa shape index (κ3) is 2.02. The first-order valence-electron chi connectivity index (χ1n) is 7.97. The number of nitrogens with zero attached hydrogens (tertiary/aromatic N) is 3. The van der Waals surface area contributed by atoms with E-state index in [0.717, 1.165) is 23.9 Å². The van der Waals surface area contributed by atoms with Gasteiger partial charge in [0.2, 0.25) is 5.13 Å². The van der Waals surface area contributed by atoms with Crippen LogP contribution in [-0.4, -0.2) is 16.6 Å². The van der Waals surface area contributed by atoms with Gasteiger partial charge in [0, 0.05) is 10.8 Å². The summed E-state index contributed by atoms with van der Waals surface area (Å²) in [6, 6.07) is 9.10. The molecule has 7 heteroatoms. The standard InChI is InChI=1S/C18H13N3O3S/c1-10-18(6-7-18)16(23)21(20-10)17-19-13(9-25-17)12-8-11-4-2-3-5-14(11)24-15(12)22/h2-5,8-9H,6-7H2,1H3. The molecule has 3 aromatic rings. The molecule has 1 fully saturated rings. The molecule has 1 aromatic carbocycles. The van der Waals surface area contributed by atoms with E-state index in [0.29, 0.717) is 22.0 Å². The Labute approximate surface area is 146 Å². The topological polar surface area (TPSA) is 75.8 Å². The van der Waals surface area contributed by atoms with E-state index in [1.54, 1.807) is 17.5 Å². The number of amides is 1. The summed E-state index contributed by atoms with van der Waals surface area (Å²) in [6.07, 6.45) is 1.70. The third-order valence-corrected chi connectivity index (χ3v) is 5.70. The second-order valence-corrected chi connectivity index (χ2v) is 7.22. The zero-order chi connectivity index (χ0) is 17.2. The van der Waals surface area contributed by atoms with E-state index in [1.807, 2.05) is 25.1 Å². The van der Waals surface area contributed by atoms with Crippen LogP contribution in [0.1, 0.15) is 19.8 Å². The van der Waals surface area contributed by atoms with Gasteiger partial charge in [-0.25, -0.2) is 9.78 Å². The summed E-state index contributed by atoms with van der Waals surface area (Å²) < 4.78 is 5.36. The molecule has 25 heavy (non-hydrogen) atoms. The van der Waals surface area contributed by atoms with E-state index in [2.05, 4.69) is 10.1 Å². The molecule has 1 aliphatic heterocycles. The number of hydrogen-bond donors (Lipinski definition) is 0. The molecule has 0 unspecified atom stereocenters. The summed E-state index contributed by atoms with van der Waals surface area (Å²) in [6.45, 7) is 1.89. The van der Waals surface area contributed by atoms with Crippen LogP contribution in [0.2, 0.25) is 0 Å². The van der Waals surface area contributed by atoms with Gasteiger partial charge in [-0.15, -0.1) is 11.3 Å². The van der Waals surface area contributed by atoms with Gasteiger partial charge in [0.15, 0.2) is 0 Å². The average molecular weight is 351 g/mol. The zero-order valence-corrected chi connectivity index (χ0v) is 14.2. The number of rotatable bonds is 2. The first kappa shape index (κ1) is 14.5. The molecular weight excluding hydrogens is 338 g/mol. The Morgan fingerprint density at radius 1 is 1.24 bits per heavy atom. The van der Waals surface area contributed by atoms with Crippen LogP contribution in [0.4, 0.5) is 5.13 Å². The Morgan fingerprint density at radius 3 is 2.80 bits per heavy atom. The normalized spacial score (nSPS) is 18.2. The van der Waals surface area contributed by atoms with Gasteiger partial charge in [0.1, 0.15) is 5.58 Å². The summed E-state index contributed by atoms with van der Waals surface area (Å²) in [5, 5.41) is 8.82. The fourth-order valence-corrected chi connectivity index (χ4v) is 3.98. The number of hydrogen-bond acceptors (Lipinski definition) is 6. The highest BCUT2D eigenvalue weighted by Crippen LogP contribution is 2.52. The number of hydrazone groups is 1. The monoisotopic (exact) mass is 351 g/mol. The quantitative estimate of drug-likeness (QED) is 0.663. The first-order chi connectivity index (χ1) is 12.1. The minimum atomic E-state index is -0.443. The highest BCUT2D eigenvalue weighted by molar-refractivity contribution is 7.14. The molecule has 0 N–H and O–H groups in total. The predicted molar refractivity (Wildman–Crippen MR) is 95.9 cm³/mol. The van der Waals surface area contributed by atoms with Crippen molar-refractivity contribution in [2.24, 2.45) is 10.5 Å². The van der Waals surface area contributed by atoms with E-state index in [9.17, 15) is 9.59 Å². The molecule has 0 saturated heterocycles. The molecule has 2 aromatic heterocycles. The molecule has 1 aliphatic carbocycles. The molecule has 3 heterocycles. The Balaban J connectivity index is 1.57. The van der Waals surface area contributed by atoms with Crippen LogP contribution in [0.5, 0.6) is 0 Å². The van der Waals surface area contributed by atoms with Gasteiger partial charge in [-0.2, -0.15) is 10.1 Å². The maximum atomic E-state index is 12.6. The molecule has 2 aliphatic rings. The van der Waals surface area contributed by atoms with E-state index < -0.39 is 11.0 Å². The van der Waals surface area contributed by atoms with Crippen LogP contribution < -0.4 is 10.6 Å². The lowest BCUT2D eigenvalue weighted by Gasteiger charge is -2.09. The molecule has 6 nitrogen and oxygen atoms in total. The second-order valence-electron chi connectivity index (χ2n) is 6.39. The van der Waals surface area contributed by atoms with Gasteiger partial charge in [0.05, 0.1) is 22.4 Å². The van der Waals surface area contributed by atoms with Crippen molar-refractivity contribution in [2.45, 2.75) is 19.8 Å². The van der Waals surface area contributed by atoms with E-state index in [-0.39, 0.29) is 5.91 Å². The molecule has 0 bridgehead atoms. The van der Waals surface area contributed by atoms with Gasteiger partial charge in [0.25, 0.3) is 5.91 Å². The SMILES string of the molecule is CC1=NN(c2nc(-c3cc4ccccc4oc3=O)cs2)C(=O)C12CC2. The lowest BCUT2D eigenvalue weighted by molar-refractivity contribution is -0.120.